The summed E-state index contributed by atoms with van der Waals surface area (Å²) in [7, 11) is 1.48. The number of oxime groups is 1. The molecule has 0 aliphatic heterocycles. The first-order valence-corrected chi connectivity index (χ1v) is 3.79. The molecule has 2 N–H and O–H groups in total. The van der Waals surface area contributed by atoms with E-state index < -0.39 is 5.91 Å². The summed E-state index contributed by atoms with van der Waals surface area (Å²) in [6.07, 6.45) is 0. The van der Waals surface area contributed by atoms with Gasteiger partial charge in [0.25, 0.3) is 5.91 Å². The van der Waals surface area contributed by atoms with Crippen LogP contribution < -0.4 is 5.32 Å². The van der Waals surface area contributed by atoms with E-state index in [1.54, 1.807) is 24.3 Å². The fraction of sp³-hybridized carbons (Fsp3) is 0.111. The van der Waals surface area contributed by atoms with Gasteiger partial charge in [-0.05, 0) is 0 Å². The number of rotatable bonds is 2. The molecule has 4 heteroatoms. The number of benzene rings is 1. The average molecular weight is 178 g/mol. The van der Waals surface area contributed by atoms with E-state index in [-0.39, 0.29) is 5.71 Å². The van der Waals surface area contributed by atoms with E-state index in [0.717, 1.165) is 0 Å². The van der Waals surface area contributed by atoms with Gasteiger partial charge in [-0.3, -0.25) is 4.79 Å². The number of hydrogen-bond donors (Lipinski definition) is 2. The lowest BCUT2D eigenvalue weighted by Gasteiger charge is -2.01. The van der Waals surface area contributed by atoms with Crippen molar-refractivity contribution in [3.05, 3.63) is 35.9 Å². The number of carbonyl (C=O) groups excluding carboxylic acids is 1. The summed E-state index contributed by atoms with van der Waals surface area (Å²) in [5.41, 5.74) is 0.604. The quantitative estimate of drug-likeness (QED) is 0.396. The first-order chi connectivity index (χ1) is 6.29. The molecule has 1 aromatic carbocycles. The van der Waals surface area contributed by atoms with Gasteiger partial charge in [0.1, 0.15) is 0 Å². The van der Waals surface area contributed by atoms with Crippen molar-refractivity contribution in [3.8, 4) is 0 Å². The summed E-state index contributed by atoms with van der Waals surface area (Å²) in [6, 6.07) is 8.75. The molecule has 0 unspecified atom stereocenters. The van der Waals surface area contributed by atoms with Crippen molar-refractivity contribution in [2.45, 2.75) is 0 Å². The van der Waals surface area contributed by atoms with Crippen LogP contribution in [0.4, 0.5) is 0 Å². The zero-order valence-corrected chi connectivity index (χ0v) is 7.19. The second kappa shape index (κ2) is 4.25. The molecule has 0 fully saturated rings. The second-order valence-electron chi connectivity index (χ2n) is 2.39. The maximum atomic E-state index is 11.1. The van der Waals surface area contributed by atoms with E-state index >= 15 is 0 Å². The monoisotopic (exact) mass is 178 g/mol. The Morgan fingerprint density at radius 3 is 2.46 bits per heavy atom. The molecule has 4 nitrogen and oxygen atoms in total. The molecule has 0 saturated carbocycles. The van der Waals surface area contributed by atoms with Crippen molar-refractivity contribution in [2.75, 3.05) is 7.05 Å². The van der Waals surface area contributed by atoms with Crippen LogP contribution in [0.2, 0.25) is 0 Å². The summed E-state index contributed by atoms with van der Waals surface area (Å²) in [5, 5.41) is 13.9. The molecular formula is C9H10N2O2. The molecule has 1 amide bonds. The van der Waals surface area contributed by atoms with Crippen molar-refractivity contribution >= 4 is 11.6 Å². The van der Waals surface area contributed by atoms with E-state index in [9.17, 15) is 4.79 Å². The van der Waals surface area contributed by atoms with Crippen LogP contribution >= 0.6 is 0 Å². The van der Waals surface area contributed by atoms with Crippen molar-refractivity contribution in [1.82, 2.24) is 5.32 Å². The number of hydrogen-bond acceptors (Lipinski definition) is 3. The highest BCUT2D eigenvalue weighted by Gasteiger charge is 2.11. The van der Waals surface area contributed by atoms with Gasteiger partial charge in [0.2, 0.25) is 0 Å². The number of carbonyl (C=O) groups is 1. The Morgan fingerprint density at radius 2 is 2.00 bits per heavy atom. The van der Waals surface area contributed by atoms with Crippen LogP contribution in [0, 0.1) is 0 Å². The minimum absolute atomic E-state index is 0.0168. The first kappa shape index (κ1) is 9.25. The van der Waals surface area contributed by atoms with Crippen LogP contribution in [0.3, 0.4) is 0 Å². The molecular weight excluding hydrogens is 168 g/mol. The van der Waals surface area contributed by atoms with E-state index in [4.69, 9.17) is 5.21 Å². The van der Waals surface area contributed by atoms with Gasteiger partial charge in [-0.1, -0.05) is 35.5 Å². The van der Waals surface area contributed by atoms with Crippen LogP contribution in [0.25, 0.3) is 0 Å². The molecule has 0 aromatic heterocycles. The van der Waals surface area contributed by atoms with Gasteiger partial charge in [0, 0.05) is 12.6 Å². The fourth-order valence-corrected chi connectivity index (χ4v) is 0.949. The Bertz CT molecular complexity index is 320. The molecule has 0 radical (unpaired) electrons. The minimum Gasteiger partial charge on any atom is -0.410 e. The third-order valence-corrected chi connectivity index (χ3v) is 1.59. The van der Waals surface area contributed by atoms with Crippen LogP contribution in [0.1, 0.15) is 5.56 Å². The number of nitrogens with zero attached hydrogens (tertiary/aromatic N) is 1. The lowest BCUT2D eigenvalue weighted by atomic mass is 10.1. The smallest absolute Gasteiger partial charge is 0.273 e. The SMILES string of the molecule is CNC(=O)/C(=N\O)c1ccccc1. The topological polar surface area (TPSA) is 61.7 Å². The highest BCUT2D eigenvalue weighted by molar-refractivity contribution is 6.45. The molecule has 0 aliphatic rings. The third kappa shape index (κ3) is 2.05. The molecule has 0 atom stereocenters. The van der Waals surface area contributed by atoms with Crippen molar-refractivity contribution < 1.29 is 10.0 Å². The van der Waals surface area contributed by atoms with Crippen LogP contribution in [0.15, 0.2) is 35.5 Å². The van der Waals surface area contributed by atoms with E-state index in [1.165, 1.54) is 7.05 Å². The van der Waals surface area contributed by atoms with E-state index in [1.807, 2.05) is 6.07 Å². The molecule has 1 rings (SSSR count). The fourth-order valence-electron chi connectivity index (χ4n) is 0.949. The Balaban J connectivity index is 3.00. The normalized spacial score (nSPS) is 11.0. The predicted octanol–water partition coefficient (Wildman–Crippen LogP) is 0.611. The van der Waals surface area contributed by atoms with Crippen LogP contribution in [0.5, 0.6) is 0 Å². The maximum absolute atomic E-state index is 11.1. The number of nitrogens with one attached hydrogen (secondary N) is 1. The second-order valence-corrected chi connectivity index (χ2v) is 2.39. The first-order valence-electron chi connectivity index (χ1n) is 3.79. The average Bonchev–Trinajstić information content (AvgIpc) is 2.20. The lowest BCUT2D eigenvalue weighted by Crippen LogP contribution is -2.28. The van der Waals surface area contributed by atoms with E-state index in [0.29, 0.717) is 5.56 Å². The van der Waals surface area contributed by atoms with E-state index in [2.05, 4.69) is 10.5 Å². The number of likely N-dealkylation sites (N-methyl/N-ethyl adjacent to an activating group) is 1. The van der Waals surface area contributed by atoms with Crippen molar-refractivity contribution in [3.63, 3.8) is 0 Å². The third-order valence-electron chi connectivity index (χ3n) is 1.59. The summed E-state index contributed by atoms with van der Waals surface area (Å²) >= 11 is 0. The van der Waals surface area contributed by atoms with Gasteiger partial charge in [-0.15, -0.1) is 0 Å². The van der Waals surface area contributed by atoms with Gasteiger partial charge in [0.15, 0.2) is 5.71 Å². The largest absolute Gasteiger partial charge is 0.410 e. The Hall–Kier alpha value is -1.84. The highest BCUT2D eigenvalue weighted by atomic mass is 16.4. The summed E-state index contributed by atoms with van der Waals surface area (Å²) < 4.78 is 0. The summed E-state index contributed by atoms with van der Waals surface area (Å²) in [6.45, 7) is 0. The molecule has 0 saturated heterocycles. The molecule has 0 heterocycles. The standard InChI is InChI=1S/C9H10N2O2/c1-10-9(12)8(11-13)7-5-3-2-4-6-7/h2-6,13H,1H3,(H,10,12)/b11-8-. The number of amides is 1. The zero-order chi connectivity index (χ0) is 9.68. The van der Waals surface area contributed by atoms with Crippen LogP contribution in [-0.4, -0.2) is 23.9 Å². The Kier molecular flexibility index (Phi) is 3.03. The maximum Gasteiger partial charge on any atom is 0.273 e. The predicted molar refractivity (Wildman–Crippen MR) is 48.8 cm³/mol. The molecule has 0 bridgehead atoms. The van der Waals surface area contributed by atoms with Gasteiger partial charge < -0.3 is 10.5 Å². The Morgan fingerprint density at radius 1 is 1.38 bits per heavy atom. The van der Waals surface area contributed by atoms with Gasteiger partial charge in [0.05, 0.1) is 0 Å². The van der Waals surface area contributed by atoms with Crippen molar-refractivity contribution in [2.24, 2.45) is 5.16 Å². The van der Waals surface area contributed by atoms with Crippen molar-refractivity contribution in [1.29, 1.82) is 0 Å². The summed E-state index contributed by atoms with van der Waals surface area (Å²) in [4.78, 5) is 11.1. The van der Waals surface area contributed by atoms with Gasteiger partial charge >= 0.3 is 0 Å². The van der Waals surface area contributed by atoms with Gasteiger partial charge in [-0.25, -0.2) is 0 Å². The highest BCUT2D eigenvalue weighted by Crippen LogP contribution is 2.00. The Labute approximate surface area is 75.9 Å². The molecule has 0 spiro atoms. The van der Waals surface area contributed by atoms with Gasteiger partial charge in [-0.2, -0.15) is 0 Å². The zero-order valence-electron chi connectivity index (χ0n) is 7.19. The summed E-state index contributed by atoms with van der Waals surface area (Å²) in [5.74, 6) is -0.409. The van der Waals surface area contributed by atoms with Crippen LogP contribution in [-0.2, 0) is 4.79 Å². The molecule has 0 aliphatic carbocycles. The molecule has 1 aromatic rings. The molecule has 68 valence electrons. The molecule has 13 heavy (non-hydrogen) atoms. The lowest BCUT2D eigenvalue weighted by molar-refractivity contribution is -0.114. The minimum atomic E-state index is -0.409.